The van der Waals surface area contributed by atoms with Crippen LogP contribution in [0, 0.1) is 11.8 Å². The Balaban J connectivity index is 0.000000494. The molecule has 18 heavy (non-hydrogen) atoms. The summed E-state index contributed by atoms with van der Waals surface area (Å²) < 4.78 is 0. The lowest BCUT2D eigenvalue weighted by molar-refractivity contribution is 0.590. The van der Waals surface area contributed by atoms with Crippen molar-refractivity contribution in [3.63, 3.8) is 0 Å². The number of hydrogen-bond acceptors (Lipinski definition) is 1. The molecular formula is C17H27N. The van der Waals surface area contributed by atoms with Gasteiger partial charge < -0.3 is 5.32 Å². The van der Waals surface area contributed by atoms with E-state index in [0.29, 0.717) is 0 Å². The maximum atomic E-state index is 3.11. The molecule has 100 valence electrons. The van der Waals surface area contributed by atoms with Crippen molar-refractivity contribution in [2.24, 2.45) is 0 Å². The molecule has 0 radical (unpaired) electrons. The Kier molecular flexibility index (Phi) is 8.16. The molecule has 0 atom stereocenters. The van der Waals surface area contributed by atoms with Crippen molar-refractivity contribution >= 4 is 0 Å². The normalized spacial score (nSPS) is 9.89. The first kappa shape index (κ1) is 16.7. The molecule has 0 bridgehead atoms. The fourth-order valence-electron chi connectivity index (χ4n) is 1.45. The van der Waals surface area contributed by atoms with E-state index in [1.165, 1.54) is 5.56 Å². The molecule has 0 spiro atoms. The summed E-state index contributed by atoms with van der Waals surface area (Å²) >= 11 is 0. The van der Waals surface area contributed by atoms with Gasteiger partial charge in [-0.15, -0.1) is 5.92 Å². The van der Waals surface area contributed by atoms with Crippen molar-refractivity contribution in [1.82, 2.24) is 5.32 Å². The third kappa shape index (κ3) is 7.14. The van der Waals surface area contributed by atoms with Crippen molar-refractivity contribution in [3.05, 3.63) is 35.4 Å². The zero-order valence-electron chi connectivity index (χ0n) is 12.7. The topological polar surface area (TPSA) is 12.0 Å². The second kappa shape index (κ2) is 8.78. The minimum absolute atomic E-state index is 0.234. The van der Waals surface area contributed by atoms with E-state index in [9.17, 15) is 0 Å². The van der Waals surface area contributed by atoms with Crippen LogP contribution in [-0.2, 0) is 5.41 Å². The lowest BCUT2D eigenvalue weighted by Gasteiger charge is -2.18. The highest BCUT2D eigenvalue weighted by atomic mass is 14.8. The molecule has 0 aliphatic heterocycles. The SMILES string of the molecule is CC#Cc1ccc(C(C)(C)C)cc1.CCNCC. The van der Waals surface area contributed by atoms with Gasteiger partial charge in [0.15, 0.2) is 0 Å². The predicted molar refractivity (Wildman–Crippen MR) is 81.9 cm³/mol. The van der Waals surface area contributed by atoms with Gasteiger partial charge in [0.2, 0.25) is 0 Å². The molecule has 1 N–H and O–H groups in total. The average molecular weight is 245 g/mol. The Morgan fingerprint density at radius 2 is 1.50 bits per heavy atom. The number of hydrogen-bond donors (Lipinski definition) is 1. The molecule has 0 fully saturated rings. The van der Waals surface area contributed by atoms with Gasteiger partial charge in [0.25, 0.3) is 0 Å². The zero-order valence-corrected chi connectivity index (χ0v) is 12.7. The third-order valence-corrected chi connectivity index (χ3v) is 2.52. The van der Waals surface area contributed by atoms with Crippen LogP contribution in [0.3, 0.4) is 0 Å². The minimum atomic E-state index is 0.234. The summed E-state index contributed by atoms with van der Waals surface area (Å²) in [5.74, 6) is 5.93. The fourth-order valence-corrected chi connectivity index (χ4v) is 1.45. The Labute approximate surface area is 113 Å². The summed E-state index contributed by atoms with van der Waals surface area (Å²) in [5.41, 5.74) is 2.68. The van der Waals surface area contributed by atoms with Crippen molar-refractivity contribution in [1.29, 1.82) is 0 Å². The maximum absolute atomic E-state index is 3.11. The van der Waals surface area contributed by atoms with Crippen molar-refractivity contribution in [2.45, 2.75) is 47.0 Å². The van der Waals surface area contributed by atoms with E-state index in [-0.39, 0.29) is 5.41 Å². The van der Waals surface area contributed by atoms with E-state index in [0.717, 1.165) is 18.7 Å². The largest absolute Gasteiger partial charge is 0.317 e. The van der Waals surface area contributed by atoms with E-state index in [1.807, 2.05) is 6.92 Å². The van der Waals surface area contributed by atoms with Crippen LogP contribution in [0.25, 0.3) is 0 Å². The fraction of sp³-hybridized carbons (Fsp3) is 0.529. The second-order valence-corrected chi connectivity index (χ2v) is 5.16. The zero-order chi connectivity index (χ0) is 14.0. The standard InChI is InChI=1S/C13H16.C4H11N/c1-5-6-11-7-9-12(10-8-11)13(2,3)4;1-3-5-4-2/h7-10H,1-4H3;5H,3-4H2,1-2H3. The Morgan fingerprint density at radius 1 is 1.00 bits per heavy atom. The quantitative estimate of drug-likeness (QED) is 0.777. The summed E-state index contributed by atoms with van der Waals surface area (Å²) in [5, 5.41) is 3.11. The summed E-state index contributed by atoms with van der Waals surface area (Å²) in [6.07, 6.45) is 0. The van der Waals surface area contributed by atoms with E-state index < -0.39 is 0 Å². The molecule has 0 aliphatic carbocycles. The smallest absolute Gasteiger partial charge is 0.0245 e. The average Bonchev–Trinajstić information content (AvgIpc) is 2.31. The van der Waals surface area contributed by atoms with E-state index in [4.69, 9.17) is 0 Å². The predicted octanol–water partition coefficient (Wildman–Crippen LogP) is 3.97. The van der Waals surface area contributed by atoms with Crippen molar-refractivity contribution in [3.8, 4) is 11.8 Å². The van der Waals surface area contributed by atoms with Gasteiger partial charge >= 0.3 is 0 Å². The Bertz CT molecular complexity index is 369. The molecule has 1 rings (SSSR count). The van der Waals surface area contributed by atoms with Crippen LogP contribution in [-0.4, -0.2) is 13.1 Å². The van der Waals surface area contributed by atoms with E-state index in [1.54, 1.807) is 0 Å². The van der Waals surface area contributed by atoms with Crippen LogP contribution >= 0.6 is 0 Å². The molecule has 0 saturated carbocycles. The molecule has 0 aliphatic rings. The van der Waals surface area contributed by atoms with Crippen LogP contribution in [0.5, 0.6) is 0 Å². The van der Waals surface area contributed by atoms with Gasteiger partial charge in [-0.05, 0) is 43.1 Å². The Morgan fingerprint density at radius 3 is 1.78 bits per heavy atom. The first-order valence-corrected chi connectivity index (χ1v) is 6.69. The molecule has 0 aromatic heterocycles. The van der Waals surface area contributed by atoms with Crippen molar-refractivity contribution < 1.29 is 0 Å². The highest BCUT2D eigenvalue weighted by molar-refractivity contribution is 5.37. The summed E-state index contributed by atoms with van der Waals surface area (Å²) in [6.45, 7) is 14.9. The van der Waals surface area contributed by atoms with Crippen molar-refractivity contribution in [2.75, 3.05) is 13.1 Å². The molecule has 0 amide bonds. The molecule has 1 aromatic carbocycles. The lowest BCUT2D eigenvalue weighted by Crippen LogP contribution is -2.10. The van der Waals surface area contributed by atoms with Crippen LogP contribution < -0.4 is 5.32 Å². The monoisotopic (exact) mass is 245 g/mol. The number of rotatable bonds is 2. The van der Waals surface area contributed by atoms with Gasteiger partial charge in [0, 0.05) is 5.56 Å². The van der Waals surface area contributed by atoms with E-state index >= 15 is 0 Å². The minimum Gasteiger partial charge on any atom is -0.317 e. The first-order valence-electron chi connectivity index (χ1n) is 6.69. The molecule has 0 heterocycles. The second-order valence-electron chi connectivity index (χ2n) is 5.16. The molecule has 1 nitrogen and oxygen atoms in total. The van der Waals surface area contributed by atoms with Crippen LogP contribution in [0.4, 0.5) is 0 Å². The summed E-state index contributed by atoms with van der Waals surface area (Å²) in [6, 6.07) is 8.47. The van der Waals surface area contributed by atoms with Gasteiger partial charge in [0.05, 0.1) is 0 Å². The van der Waals surface area contributed by atoms with Crippen LogP contribution in [0.1, 0.15) is 52.7 Å². The van der Waals surface area contributed by atoms with Gasteiger partial charge in [-0.3, -0.25) is 0 Å². The lowest BCUT2D eigenvalue weighted by atomic mass is 9.87. The van der Waals surface area contributed by atoms with Gasteiger partial charge in [-0.2, -0.15) is 0 Å². The molecular weight excluding hydrogens is 218 g/mol. The highest BCUT2D eigenvalue weighted by Gasteiger charge is 2.12. The number of nitrogens with one attached hydrogen (secondary N) is 1. The summed E-state index contributed by atoms with van der Waals surface area (Å²) in [4.78, 5) is 0. The molecule has 0 saturated heterocycles. The molecule has 0 unspecified atom stereocenters. The maximum Gasteiger partial charge on any atom is 0.0245 e. The van der Waals surface area contributed by atoms with Crippen LogP contribution in [0.2, 0.25) is 0 Å². The summed E-state index contributed by atoms with van der Waals surface area (Å²) in [7, 11) is 0. The highest BCUT2D eigenvalue weighted by Crippen LogP contribution is 2.21. The third-order valence-electron chi connectivity index (χ3n) is 2.52. The molecule has 1 aromatic rings. The number of benzene rings is 1. The Hall–Kier alpha value is -1.26. The van der Waals surface area contributed by atoms with Gasteiger partial charge in [-0.25, -0.2) is 0 Å². The molecule has 1 heteroatoms. The first-order chi connectivity index (χ1) is 8.45. The van der Waals surface area contributed by atoms with Gasteiger partial charge in [0.1, 0.15) is 0 Å². The van der Waals surface area contributed by atoms with Crippen LogP contribution in [0.15, 0.2) is 24.3 Å². The van der Waals surface area contributed by atoms with Gasteiger partial charge in [-0.1, -0.05) is 52.7 Å². The van der Waals surface area contributed by atoms with E-state index in [2.05, 4.69) is 76.0 Å².